The van der Waals surface area contributed by atoms with Crippen LogP contribution in [0.4, 0.5) is 0 Å². The number of hydrogen-bond acceptors (Lipinski definition) is 5. The van der Waals surface area contributed by atoms with Crippen molar-refractivity contribution in [3.05, 3.63) is 0 Å². The van der Waals surface area contributed by atoms with Crippen molar-refractivity contribution < 1.29 is 20.1 Å². The largest absolute Gasteiger partial charge is 0.394 e. The molecule has 0 aromatic rings. The monoisotopic (exact) mass is 234 g/mol. The van der Waals surface area contributed by atoms with Crippen molar-refractivity contribution in [3.8, 4) is 0 Å². The number of nitrogens with one attached hydrogen (secondary N) is 1. The van der Waals surface area contributed by atoms with Gasteiger partial charge in [0.05, 0.1) is 25.9 Å². The zero-order valence-electron chi connectivity index (χ0n) is 9.81. The Kier molecular flexibility index (Phi) is 6.51. The van der Waals surface area contributed by atoms with Gasteiger partial charge >= 0.3 is 0 Å². The Bertz CT molecular complexity index is 211. The first kappa shape index (κ1) is 15.3. The van der Waals surface area contributed by atoms with Gasteiger partial charge in [-0.05, 0) is 5.92 Å². The van der Waals surface area contributed by atoms with Crippen LogP contribution in [0.25, 0.3) is 0 Å². The molecule has 0 fully saturated rings. The topological polar surface area (TPSA) is 116 Å². The third-order valence-electron chi connectivity index (χ3n) is 2.86. The number of nitrogens with two attached hydrogens (primary N) is 1. The Morgan fingerprint density at radius 3 is 2.06 bits per heavy atom. The van der Waals surface area contributed by atoms with Crippen LogP contribution in [-0.2, 0) is 4.79 Å². The van der Waals surface area contributed by atoms with E-state index in [-0.39, 0.29) is 5.92 Å². The predicted molar refractivity (Wildman–Crippen MR) is 59.6 cm³/mol. The van der Waals surface area contributed by atoms with E-state index in [0.717, 1.165) is 6.42 Å². The Balaban J connectivity index is 4.52. The molecule has 6 nitrogen and oxygen atoms in total. The average Bonchev–Trinajstić information content (AvgIpc) is 2.33. The summed E-state index contributed by atoms with van der Waals surface area (Å²) in [4.78, 5) is 11.7. The first-order chi connectivity index (χ1) is 7.46. The normalized spacial score (nSPS) is 15.6. The van der Waals surface area contributed by atoms with Gasteiger partial charge in [0.2, 0.25) is 5.91 Å². The van der Waals surface area contributed by atoms with Crippen LogP contribution >= 0.6 is 0 Å². The summed E-state index contributed by atoms with van der Waals surface area (Å²) >= 11 is 0. The number of aliphatic hydroxyl groups excluding tert-OH is 3. The highest BCUT2D eigenvalue weighted by molar-refractivity contribution is 5.82. The van der Waals surface area contributed by atoms with Crippen LogP contribution in [0.15, 0.2) is 0 Å². The molecule has 6 heteroatoms. The zero-order valence-corrected chi connectivity index (χ0v) is 9.81. The Hall–Kier alpha value is -0.690. The van der Waals surface area contributed by atoms with E-state index in [9.17, 15) is 4.79 Å². The molecule has 0 saturated heterocycles. The molecule has 0 radical (unpaired) electrons. The molecule has 0 aliphatic carbocycles. The summed E-state index contributed by atoms with van der Waals surface area (Å²) < 4.78 is 0. The van der Waals surface area contributed by atoms with Gasteiger partial charge in [-0.15, -0.1) is 0 Å². The minimum absolute atomic E-state index is 0.00576. The lowest BCUT2D eigenvalue weighted by Crippen LogP contribution is -2.61. The minimum atomic E-state index is -1.40. The molecule has 0 aromatic carbocycles. The molecular weight excluding hydrogens is 212 g/mol. The number of carbonyl (C=O) groups is 1. The molecule has 0 spiro atoms. The Morgan fingerprint density at radius 2 is 1.75 bits per heavy atom. The number of rotatable bonds is 7. The van der Waals surface area contributed by atoms with Gasteiger partial charge in [-0.1, -0.05) is 20.3 Å². The smallest absolute Gasteiger partial charge is 0.237 e. The van der Waals surface area contributed by atoms with Crippen LogP contribution in [0, 0.1) is 5.92 Å². The molecule has 0 rings (SSSR count). The van der Waals surface area contributed by atoms with Crippen molar-refractivity contribution in [1.82, 2.24) is 5.32 Å². The Morgan fingerprint density at radius 1 is 1.31 bits per heavy atom. The van der Waals surface area contributed by atoms with E-state index in [1.807, 2.05) is 13.8 Å². The van der Waals surface area contributed by atoms with Gasteiger partial charge in [-0.25, -0.2) is 0 Å². The summed E-state index contributed by atoms with van der Waals surface area (Å²) in [7, 11) is 0. The maximum Gasteiger partial charge on any atom is 0.237 e. The number of aliphatic hydroxyl groups is 3. The third-order valence-corrected chi connectivity index (χ3v) is 2.86. The molecule has 2 unspecified atom stereocenters. The van der Waals surface area contributed by atoms with Crippen molar-refractivity contribution in [1.29, 1.82) is 0 Å². The summed E-state index contributed by atoms with van der Waals surface area (Å²) in [5.41, 5.74) is 4.28. The molecule has 0 aromatic heterocycles. The maximum absolute atomic E-state index is 11.7. The molecule has 0 aliphatic heterocycles. The van der Waals surface area contributed by atoms with Crippen LogP contribution in [0.3, 0.4) is 0 Å². The predicted octanol–water partition coefficient (Wildman–Crippen LogP) is -1.81. The lowest BCUT2D eigenvalue weighted by atomic mass is 9.97. The van der Waals surface area contributed by atoms with E-state index in [4.69, 9.17) is 21.1 Å². The summed E-state index contributed by atoms with van der Waals surface area (Å²) in [6.45, 7) is 2.12. The SMILES string of the molecule is CCC(C)C(N)C(=O)NC(CO)(CO)CO. The van der Waals surface area contributed by atoms with Crippen molar-refractivity contribution in [3.63, 3.8) is 0 Å². The first-order valence-corrected chi connectivity index (χ1v) is 5.36. The van der Waals surface area contributed by atoms with Crippen molar-refractivity contribution in [2.45, 2.75) is 31.8 Å². The van der Waals surface area contributed by atoms with Crippen LogP contribution < -0.4 is 11.1 Å². The molecule has 6 N–H and O–H groups in total. The van der Waals surface area contributed by atoms with Crippen LogP contribution in [0.2, 0.25) is 0 Å². The van der Waals surface area contributed by atoms with Crippen molar-refractivity contribution in [2.75, 3.05) is 19.8 Å². The van der Waals surface area contributed by atoms with Gasteiger partial charge in [-0.3, -0.25) is 4.79 Å². The van der Waals surface area contributed by atoms with E-state index in [2.05, 4.69) is 5.32 Å². The fourth-order valence-corrected chi connectivity index (χ4v) is 1.13. The summed E-state index contributed by atoms with van der Waals surface area (Å²) in [5.74, 6) is -0.486. The summed E-state index contributed by atoms with van der Waals surface area (Å²) in [6.07, 6.45) is 0.749. The van der Waals surface area contributed by atoms with E-state index < -0.39 is 37.3 Å². The quantitative estimate of drug-likeness (QED) is 0.356. The molecule has 0 aliphatic rings. The Labute approximate surface area is 95.5 Å². The highest BCUT2D eigenvalue weighted by Gasteiger charge is 2.32. The molecule has 16 heavy (non-hydrogen) atoms. The van der Waals surface area contributed by atoms with Crippen LogP contribution in [0.5, 0.6) is 0 Å². The molecule has 96 valence electrons. The van der Waals surface area contributed by atoms with E-state index in [1.165, 1.54) is 0 Å². The number of amides is 1. The maximum atomic E-state index is 11.7. The van der Waals surface area contributed by atoms with Crippen molar-refractivity contribution >= 4 is 5.91 Å². The molecule has 0 bridgehead atoms. The van der Waals surface area contributed by atoms with Gasteiger partial charge in [0.1, 0.15) is 5.54 Å². The summed E-state index contributed by atoms with van der Waals surface area (Å²) in [6, 6.07) is -0.714. The van der Waals surface area contributed by atoms with E-state index >= 15 is 0 Å². The van der Waals surface area contributed by atoms with E-state index in [1.54, 1.807) is 0 Å². The zero-order chi connectivity index (χ0) is 12.8. The second kappa shape index (κ2) is 6.80. The second-order valence-electron chi connectivity index (χ2n) is 4.16. The molecule has 0 heterocycles. The molecule has 1 amide bonds. The molecular formula is C10H22N2O4. The highest BCUT2D eigenvalue weighted by atomic mass is 16.3. The minimum Gasteiger partial charge on any atom is -0.394 e. The fourth-order valence-electron chi connectivity index (χ4n) is 1.13. The third kappa shape index (κ3) is 3.71. The lowest BCUT2D eigenvalue weighted by molar-refractivity contribution is -0.127. The van der Waals surface area contributed by atoms with Crippen LogP contribution in [-0.4, -0.2) is 52.6 Å². The molecule has 0 saturated carbocycles. The van der Waals surface area contributed by atoms with E-state index in [0.29, 0.717) is 0 Å². The van der Waals surface area contributed by atoms with Gasteiger partial charge in [0.25, 0.3) is 0 Å². The van der Waals surface area contributed by atoms with Gasteiger partial charge < -0.3 is 26.4 Å². The average molecular weight is 234 g/mol. The van der Waals surface area contributed by atoms with Gasteiger partial charge in [0, 0.05) is 0 Å². The van der Waals surface area contributed by atoms with Gasteiger partial charge in [-0.2, -0.15) is 0 Å². The number of hydrogen-bond donors (Lipinski definition) is 5. The van der Waals surface area contributed by atoms with Crippen molar-refractivity contribution in [2.24, 2.45) is 11.7 Å². The van der Waals surface area contributed by atoms with Crippen LogP contribution in [0.1, 0.15) is 20.3 Å². The molecule has 2 atom stereocenters. The second-order valence-corrected chi connectivity index (χ2v) is 4.16. The van der Waals surface area contributed by atoms with Gasteiger partial charge in [0.15, 0.2) is 0 Å². The lowest BCUT2D eigenvalue weighted by Gasteiger charge is -2.31. The summed E-state index contributed by atoms with van der Waals surface area (Å²) in [5, 5.41) is 29.5. The number of carbonyl (C=O) groups excluding carboxylic acids is 1. The standard InChI is InChI=1S/C10H22N2O4/c1-3-7(2)8(11)9(16)12-10(4-13,5-14)6-15/h7-8,13-15H,3-6,11H2,1-2H3,(H,12,16). The first-order valence-electron chi connectivity index (χ1n) is 5.36. The fraction of sp³-hybridized carbons (Fsp3) is 0.900. The highest BCUT2D eigenvalue weighted by Crippen LogP contribution is 2.08.